The SMILES string of the molecule is CC(C)(C)OC(=O)N1C2CCC1CN(c1nc(C#CC34CCCN3CCC4)nc3c(F)c(-c4cccc5cccc(F)c45)ncc13)C2.CC(C)(C)OC(=O)N1C2CCC1CN(c1nc(CCC34CCCN3CCC4)nc3c(F)c(-c4cccc5cccc(F)c45)ncc13)C2.Fc1c(-c2cccc3cccc(F)c23)ncc2c(N3CC4CCC(C4)C3)nc(CCC34CCCN3CCC4)nc12.[H-].[K+]. The summed E-state index contributed by atoms with van der Waals surface area (Å²) < 4.78 is 107. The van der Waals surface area contributed by atoms with Crippen LogP contribution in [0.1, 0.15) is 195 Å². The van der Waals surface area contributed by atoms with Gasteiger partial charge in [0.25, 0.3) is 0 Å². The number of halogens is 6. The number of piperazine rings is 2. The van der Waals surface area contributed by atoms with Crippen molar-refractivity contribution in [2.45, 2.75) is 241 Å². The number of aryl methyl sites for hydroxylation is 2. The van der Waals surface area contributed by atoms with Gasteiger partial charge < -0.3 is 25.6 Å². The first-order chi connectivity index (χ1) is 64.8. The van der Waals surface area contributed by atoms with Gasteiger partial charge in [-0.2, -0.15) is 0 Å². The number of pyridine rings is 3. The summed E-state index contributed by atoms with van der Waals surface area (Å²) in [6.07, 6.45) is 28.9. The number of amides is 2. The van der Waals surface area contributed by atoms with Gasteiger partial charge in [0.1, 0.15) is 91.4 Å². The largest absolute Gasteiger partial charge is 1.00 e. The van der Waals surface area contributed by atoms with Crippen molar-refractivity contribution in [3.05, 3.63) is 180 Å². The summed E-state index contributed by atoms with van der Waals surface area (Å²) in [6.45, 7) is 22.1. The van der Waals surface area contributed by atoms with Crippen LogP contribution in [0.25, 0.3) is 98.8 Å². The summed E-state index contributed by atoms with van der Waals surface area (Å²) in [5.41, 5.74) is 1.18. The van der Waals surface area contributed by atoms with Gasteiger partial charge in [-0.3, -0.25) is 39.5 Å². The zero-order valence-electron chi connectivity index (χ0n) is 79.3. The summed E-state index contributed by atoms with van der Waals surface area (Å²) in [5.74, 6) is 8.81. The van der Waals surface area contributed by atoms with Crippen molar-refractivity contribution in [2.24, 2.45) is 11.8 Å². The van der Waals surface area contributed by atoms with E-state index in [-0.39, 0.29) is 146 Å². The molecule has 135 heavy (non-hydrogen) atoms. The van der Waals surface area contributed by atoms with Gasteiger partial charge in [-0.25, -0.2) is 65.8 Å². The average Bonchev–Trinajstić information content (AvgIpc) is 1.70. The maximum absolute atomic E-state index is 16.8. The number of anilines is 3. The number of piperidine rings is 1. The number of ether oxygens (including phenoxy) is 2. The predicted octanol–water partition coefficient (Wildman–Crippen LogP) is 18.0. The second-order valence-electron chi connectivity index (χ2n) is 41.9. The van der Waals surface area contributed by atoms with Gasteiger partial charge in [-0.1, -0.05) is 96.9 Å². The van der Waals surface area contributed by atoms with Gasteiger partial charge >= 0.3 is 63.6 Å². The zero-order valence-corrected chi connectivity index (χ0v) is 81.5. The molecule has 6 aromatic carbocycles. The van der Waals surface area contributed by atoms with Crippen molar-refractivity contribution in [3.8, 4) is 45.6 Å². The van der Waals surface area contributed by atoms with Crippen molar-refractivity contribution < 1.29 is 98.2 Å². The van der Waals surface area contributed by atoms with Crippen LogP contribution in [0.15, 0.2) is 128 Å². The van der Waals surface area contributed by atoms with Crippen LogP contribution in [-0.2, 0) is 22.3 Å². The summed E-state index contributed by atoms with van der Waals surface area (Å²) in [6, 6.07) is 30.5. The van der Waals surface area contributed by atoms with E-state index in [0.717, 1.165) is 121 Å². The first-order valence-electron chi connectivity index (χ1n) is 48.9. The van der Waals surface area contributed by atoms with Crippen molar-refractivity contribution >= 4 is 94.7 Å². The normalized spacial score (nSPS) is 22.6. The van der Waals surface area contributed by atoms with Crippen LogP contribution in [0.2, 0.25) is 0 Å². The molecule has 28 heteroatoms. The topological polar surface area (TPSA) is 195 Å². The van der Waals surface area contributed by atoms with Crippen molar-refractivity contribution in [2.75, 3.05) is 93.2 Å². The molecule has 21 nitrogen and oxygen atoms in total. The maximum atomic E-state index is 16.8. The fraction of sp³-hybridized carbons (Fsp3) is 0.486. The van der Waals surface area contributed by atoms with Crippen LogP contribution in [0.3, 0.4) is 0 Å². The number of hydrogen-bond acceptors (Lipinski definition) is 19. The fourth-order valence-corrected chi connectivity index (χ4v) is 25.5. The maximum Gasteiger partial charge on any atom is 1.00 e. The third-order valence-electron chi connectivity index (χ3n) is 31.4. The molecule has 12 aromatic rings. The van der Waals surface area contributed by atoms with E-state index in [1.54, 1.807) is 79.3 Å². The molecular formula is C107H116F6KN17O4. The third-order valence-corrected chi connectivity index (χ3v) is 31.4. The molecule has 11 aliphatic heterocycles. The Kier molecular flexibility index (Phi) is 24.8. The molecule has 6 aromatic heterocycles. The Morgan fingerprint density at radius 1 is 0.415 bits per heavy atom. The van der Waals surface area contributed by atoms with E-state index in [0.29, 0.717) is 133 Å². The van der Waals surface area contributed by atoms with Crippen LogP contribution in [0.5, 0.6) is 0 Å². The predicted molar refractivity (Wildman–Crippen MR) is 511 cm³/mol. The summed E-state index contributed by atoms with van der Waals surface area (Å²) in [7, 11) is 0. The summed E-state index contributed by atoms with van der Waals surface area (Å²) >= 11 is 0. The minimum atomic E-state index is -0.637. The molecule has 0 spiro atoms. The number of nitrogens with zero attached hydrogens (tertiary/aromatic N) is 17. The van der Waals surface area contributed by atoms with Gasteiger partial charge in [-0.05, 0) is 268 Å². The Morgan fingerprint density at radius 2 is 0.748 bits per heavy atom. The summed E-state index contributed by atoms with van der Waals surface area (Å²) in [5, 5.41) is 4.76. The second kappa shape index (κ2) is 36.5. The number of carbonyl (C=O) groups is 2. The van der Waals surface area contributed by atoms with Crippen LogP contribution in [0.4, 0.5) is 53.4 Å². The van der Waals surface area contributed by atoms with Crippen molar-refractivity contribution in [3.63, 3.8) is 0 Å². The molecule has 11 saturated heterocycles. The molecule has 12 aliphatic rings. The molecule has 17 heterocycles. The number of fused-ring (bicyclic) bond motifs is 15. The van der Waals surface area contributed by atoms with E-state index in [1.165, 1.54) is 102 Å². The Labute approximate surface area is 827 Å². The van der Waals surface area contributed by atoms with Crippen LogP contribution >= 0.6 is 0 Å². The van der Waals surface area contributed by atoms with Gasteiger partial charge in [0, 0.05) is 115 Å². The quantitative estimate of drug-likeness (QED) is 0.0636. The molecule has 6 unspecified atom stereocenters. The van der Waals surface area contributed by atoms with Gasteiger partial charge in [0.15, 0.2) is 17.5 Å². The Morgan fingerprint density at radius 3 is 1.12 bits per heavy atom. The second-order valence-corrected chi connectivity index (χ2v) is 41.9. The smallest absolute Gasteiger partial charge is 1.00 e. The van der Waals surface area contributed by atoms with Crippen molar-refractivity contribution in [1.29, 1.82) is 0 Å². The molecule has 6 atom stereocenters. The molecule has 0 radical (unpaired) electrons. The fourth-order valence-electron chi connectivity index (χ4n) is 25.5. The van der Waals surface area contributed by atoms with Gasteiger partial charge in [0.05, 0.1) is 45.9 Å². The van der Waals surface area contributed by atoms with E-state index in [4.69, 9.17) is 39.4 Å². The number of carbonyl (C=O) groups excluding carboxylic acids is 2. The number of hydrogen-bond donors (Lipinski definition) is 0. The monoisotopic (exact) mass is 1860 g/mol. The molecule has 1 saturated carbocycles. The molecule has 0 N–H and O–H groups in total. The molecule has 12 fully saturated rings. The Hall–Kier alpha value is -9.83. The van der Waals surface area contributed by atoms with Gasteiger partial charge in [-0.15, -0.1) is 0 Å². The number of benzene rings is 6. The van der Waals surface area contributed by atoms with E-state index >= 15 is 22.0 Å². The molecule has 6 bridgehead atoms. The molecule has 24 rings (SSSR count). The third kappa shape index (κ3) is 17.2. The van der Waals surface area contributed by atoms with Crippen molar-refractivity contribution in [1.82, 2.24) is 69.4 Å². The Balaban J connectivity index is 0.000000126. The van der Waals surface area contributed by atoms with Crippen LogP contribution < -0.4 is 66.1 Å². The van der Waals surface area contributed by atoms with Crippen LogP contribution in [0, 0.1) is 58.6 Å². The minimum absolute atomic E-state index is 0. The number of rotatable bonds is 12. The van der Waals surface area contributed by atoms with Gasteiger partial charge in [0.2, 0.25) is 5.82 Å². The molecular weight excluding hydrogens is 1740 g/mol. The van der Waals surface area contributed by atoms with E-state index < -0.39 is 40.3 Å². The van der Waals surface area contributed by atoms with E-state index in [1.807, 2.05) is 81.7 Å². The Bertz CT molecular complexity index is 6670. The molecule has 1 aliphatic carbocycles. The first-order valence-corrected chi connectivity index (χ1v) is 48.9. The van der Waals surface area contributed by atoms with E-state index in [2.05, 4.69) is 56.2 Å². The average molecular weight is 1860 g/mol. The minimum Gasteiger partial charge on any atom is -1.00 e. The number of aromatic nitrogens is 9. The van der Waals surface area contributed by atoms with E-state index in [9.17, 15) is 14.0 Å². The molecule has 696 valence electrons. The standard InChI is InChI=1S/C37H42F2N6O2.C37H38F2N6O2.C33H35F2N5.K.H/c2*1-36(2,3)47-35(46)45-24-12-13-25(45)22-43(21-24)34-27-20-40-32(26-10-4-8-23-9-5-11-28(38)30(23)26)31(39)33(27)41-29(42-34)14-17-37-15-6-18-44(37)19-7-16-37;34-26-8-2-6-23-5-1-7-24(28(23)26)30-29(35)31-25(18-36-30)32(39-19-21-9-10-22(17-21)20-39)38-27(37-31)11-14-33-12-3-15-40(33)16-4-13-33;;/h4-5,8-11,20,24-25H,6-7,12-19,21-22H2,1-3H3;4-5,8-11,20,24-25H,6-7,12-13,15-16,18-19,21-22H2,1-3H3;1-2,5-8,18,21-22H,3-4,9-17,19-20H2;;/q;;;+1;-1. The summed E-state index contributed by atoms with van der Waals surface area (Å²) in [4.78, 5) is 88.0. The first kappa shape index (κ1) is 91.6. The zero-order chi connectivity index (χ0) is 91.8. The van der Waals surface area contributed by atoms with Crippen LogP contribution in [-0.4, -0.2) is 212 Å². The molecule has 2 amide bonds.